The van der Waals surface area contributed by atoms with Crippen LogP contribution in [0.1, 0.15) is 31.0 Å². The highest BCUT2D eigenvalue weighted by Crippen LogP contribution is 2.27. The molecule has 1 aromatic rings. The summed E-state index contributed by atoms with van der Waals surface area (Å²) in [5.41, 5.74) is 0.115. The summed E-state index contributed by atoms with van der Waals surface area (Å²) in [4.78, 5) is 3.61. The molecule has 0 bridgehead atoms. The molecule has 1 N–H and O–H groups in total. The Labute approximate surface area is 87.7 Å². The number of aromatic nitrogens is 1. The van der Waals surface area contributed by atoms with E-state index in [1.807, 2.05) is 0 Å². The first-order valence-electron chi connectivity index (χ1n) is 5.26. The van der Waals surface area contributed by atoms with Gasteiger partial charge in [-0.25, -0.2) is 8.78 Å². The predicted molar refractivity (Wildman–Crippen MR) is 53.7 cm³/mol. The molecular weight excluding hydrogens is 198 g/mol. The summed E-state index contributed by atoms with van der Waals surface area (Å²) >= 11 is 0. The van der Waals surface area contributed by atoms with Gasteiger partial charge in [-0.1, -0.05) is 6.42 Å². The molecule has 0 aromatic carbocycles. The molecule has 0 aliphatic carbocycles. The molecule has 4 heteroatoms. The van der Waals surface area contributed by atoms with E-state index in [4.69, 9.17) is 0 Å². The van der Waals surface area contributed by atoms with E-state index in [-0.39, 0.29) is 11.6 Å². The minimum absolute atomic E-state index is 0.115. The second kappa shape index (κ2) is 4.66. The van der Waals surface area contributed by atoms with Crippen molar-refractivity contribution in [3.05, 3.63) is 29.8 Å². The lowest BCUT2D eigenvalue weighted by atomic mass is 9.96. The third kappa shape index (κ3) is 2.31. The Bertz CT molecular complexity index is 324. The van der Waals surface area contributed by atoms with Gasteiger partial charge in [-0.2, -0.15) is 0 Å². The van der Waals surface area contributed by atoms with Gasteiger partial charge in [0.1, 0.15) is 12.0 Å². The topological polar surface area (TPSA) is 24.9 Å². The summed E-state index contributed by atoms with van der Waals surface area (Å²) in [7, 11) is 0. The lowest BCUT2D eigenvalue weighted by molar-refractivity contribution is 0.216. The molecule has 1 aliphatic heterocycles. The van der Waals surface area contributed by atoms with Gasteiger partial charge >= 0.3 is 0 Å². The minimum Gasteiger partial charge on any atom is -0.311 e. The molecule has 0 radical (unpaired) electrons. The van der Waals surface area contributed by atoms with E-state index in [9.17, 15) is 8.78 Å². The fourth-order valence-corrected chi connectivity index (χ4v) is 1.95. The monoisotopic (exact) mass is 212 g/mol. The van der Waals surface area contributed by atoms with Crippen molar-refractivity contribution in [1.29, 1.82) is 0 Å². The van der Waals surface area contributed by atoms with Crippen molar-refractivity contribution >= 4 is 0 Å². The maximum Gasteiger partial charge on any atom is 0.147 e. The Morgan fingerprint density at radius 3 is 3.00 bits per heavy atom. The second-order valence-corrected chi connectivity index (χ2v) is 3.86. The van der Waals surface area contributed by atoms with Gasteiger partial charge in [0.2, 0.25) is 0 Å². The summed E-state index contributed by atoms with van der Waals surface area (Å²) in [6.45, 7) is 0.817. The van der Waals surface area contributed by atoms with Crippen LogP contribution in [0.3, 0.4) is 0 Å². The fourth-order valence-electron chi connectivity index (χ4n) is 1.95. The van der Waals surface area contributed by atoms with E-state index in [0.717, 1.165) is 32.0 Å². The molecule has 2 unspecified atom stereocenters. The average Bonchev–Trinajstić information content (AvgIpc) is 2.30. The lowest BCUT2D eigenvalue weighted by Gasteiger charge is -2.26. The van der Waals surface area contributed by atoms with Crippen molar-refractivity contribution < 1.29 is 8.78 Å². The van der Waals surface area contributed by atoms with Crippen molar-refractivity contribution in [2.75, 3.05) is 6.54 Å². The zero-order valence-electron chi connectivity index (χ0n) is 8.42. The van der Waals surface area contributed by atoms with Crippen LogP contribution in [0.15, 0.2) is 18.5 Å². The van der Waals surface area contributed by atoms with Gasteiger partial charge in [-0.15, -0.1) is 0 Å². The predicted octanol–water partition coefficient (Wildman–Crippen LogP) is 2.37. The maximum atomic E-state index is 14.0. The Morgan fingerprint density at radius 1 is 1.47 bits per heavy atom. The lowest BCUT2D eigenvalue weighted by Crippen LogP contribution is -2.37. The van der Waals surface area contributed by atoms with Crippen LogP contribution in [0.4, 0.5) is 8.78 Å². The number of nitrogens with one attached hydrogen (secondary N) is 1. The molecule has 1 aromatic heterocycles. The Hall–Kier alpha value is -1.03. The van der Waals surface area contributed by atoms with Gasteiger partial charge in [0.05, 0.1) is 6.20 Å². The molecule has 2 heterocycles. The number of hydrogen-bond acceptors (Lipinski definition) is 2. The molecule has 15 heavy (non-hydrogen) atoms. The number of alkyl halides is 1. The van der Waals surface area contributed by atoms with Crippen LogP contribution < -0.4 is 5.32 Å². The summed E-state index contributed by atoms with van der Waals surface area (Å²) in [5.74, 6) is -0.558. The van der Waals surface area contributed by atoms with Gasteiger partial charge in [-0.3, -0.25) is 4.98 Å². The van der Waals surface area contributed by atoms with Gasteiger partial charge in [0.15, 0.2) is 0 Å². The Kier molecular flexibility index (Phi) is 3.26. The number of piperidine rings is 1. The minimum atomic E-state index is -1.27. The SMILES string of the molecule is Fc1cnccc1C(F)C1CCCCN1. The smallest absolute Gasteiger partial charge is 0.147 e. The maximum absolute atomic E-state index is 14.0. The van der Waals surface area contributed by atoms with Crippen molar-refractivity contribution in [1.82, 2.24) is 10.3 Å². The van der Waals surface area contributed by atoms with Crippen LogP contribution in [0.5, 0.6) is 0 Å². The number of pyridine rings is 1. The third-order valence-corrected chi connectivity index (χ3v) is 2.80. The van der Waals surface area contributed by atoms with Crippen molar-refractivity contribution in [3.8, 4) is 0 Å². The summed E-state index contributed by atoms with van der Waals surface area (Å²) in [5, 5.41) is 3.08. The van der Waals surface area contributed by atoms with Crippen molar-refractivity contribution in [2.24, 2.45) is 0 Å². The van der Waals surface area contributed by atoms with Crippen LogP contribution in [-0.2, 0) is 0 Å². The third-order valence-electron chi connectivity index (χ3n) is 2.80. The highest BCUT2D eigenvalue weighted by molar-refractivity contribution is 5.17. The molecule has 1 saturated heterocycles. The zero-order chi connectivity index (χ0) is 10.7. The number of hydrogen-bond donors (Lipinski definition) is 1. The van der Waals surface area contributed by atoms with Gasteiger partial charge in [-0.05, 0) is 25.5 Å². The first-order valence-corrected chi connectivity index (χ1v) is 5.26. The van der Waals surface area contributed by atoms with Crippen LogP contribution >= 0.6 is 0 Å². The summed E-state index contributed by atoms with van der Waals surface area (Å²) in [6, 6.07) is 1.16. The van der Waals surface area contributed by atoms with E-state index < -0.39 is 12.0 Å². The zero-order valence-corrected chi connectivity index (χ0v) is 8.42. The van der Waals surface area contributed by atoms with Crippen molar-refractivity contribution in [3.63, 3.8) is 0 Å². The van der Waals surface area contributed by atoms with Crippen molar-refractivity contribution in [2.45, 2.75) is 31.5 Å². The van der Waals surface area contributed by atoms with E-state index in [1.165, 1.54) is 12.3 Å². The molecule has 2 atom stereocenters. The molecule has 0 spiro atoms. The van der Waals surface area contributed by atoms with Gasteiger partial charge in [0, 0.05) is 17.8 Å². The average molecular weight is 212 g/mol. The van der Waals surface area contributed by atoms with Gasteiger partial charge in [0.25, 0.3) is 0 Å². The highest BCUT2D eigenvalue weighted by Gasteiger charge is 2.26. The first-order chi connectivity index (χ1) is 7.29. The van der Waals surface area contributed by atoms with E-state index in [0.29, 0.717) is 0 Å². The quantitative estimate of drug-likeness (QED) is 0.814. The standard InChI is InChI=1S/C11H14F2N2/c12-9-7-14-6-4-8(9)11(13)10-3-1-2-5-15-10/h4,6-7,10-11,15H,1-3,5H2. The van der Waals surface area contributed by atoms with E-state index in [2.05, 4.69) is 10.3 Å². The summed E-state index contributed by atoms with van der Waals surface area (Å²) < 4.78 is 27.2. The number of nitrogens with zero attached hydrogens (tertiary/aromatic N) is 1. The normalized spacial score (nSPS) is 23.7. The molecule has 1 aliphatic rings. The number of rotatable bonds is 2. The van der Waals surface area contributed by atoms with E-state index >= 15 is 0 Å². The largest absolute Gasteiger partial charge is 0.311 e. The second-order valence-electron chi connectivity index (χ2n) is 3.86. The molecule has 2 nitrogen and oxygen atoms in total. The molecule has 2 rings (SSSR count). The molecule has 1 fully saturated rings. The molecule has 0 amide bonds. The highest BCUT2D eigenvalue weighted by atomic mass is 19.1. The number of halogens is 2. The Morgan fingerprint density at radius 2 is 2.33 bits per heavy atom. The molecule has 82 valence electrons. The Balaban J connectivity index is 2.12. The summed E-state index contributed by atoms with van der Waals surface area (Å²) in [6.07, 6.45) is 4.06. The van der Waals surface area contributed by atoms with Crippen LogP contribution in [0.25, 0.3) is 0 Å². The fraction of sp³-hybridized carbons (Fsp3) is 0.545. The van der Waals surface area contributed by atoms with Crippen LogP contribution in [0.2, 0.25) is 0 Å². The van der Waals surface area contributed by atoms with Gasteiger partial charge < -0.3 is 5.32 Å². The first kappa shape index (κ1) is 10.5. The van der Waals surface area contributed by atoms with Crippen LogP contribution in [-0.4, -0.2) is 17.6 Å². The van der Waals surface area contributed by atoms with E-state index in [1.54, 1.807) is 0 Å². The molecular formula is C11H14F2N2. The molecule has 0 saturated carbocycles. The van der Waals surface area contributed by atoms with Crippen LogP contribution in [0, 0.1) is 5.82 Å².